The Morgan fingerprint density at radius 3 is 2.15 bits per heavy atom. The topological polar surface area (TPSA) is 75.6 Å². The van der Waals surface area contributed by atoms with Crippen molar-refractivity contribution in [2.75, 3.05) is 5.32 Å². The molecule has 0 fully saturated rings. The Balaban J connectivity index is 1.94. The smallest absolute Gasteiger partial charge is 0.416 e. The standard InChI is InChI=1S/C18H16F3NO4/c1-11(26-17(25)15(23)12-5-3-2-4-6-12)16(24)22-14-9-7-13(8-10-14)18(19,20)21/h2-11,15,23H,1H3,(H,22,24)/t11-,15+/m1/s1. The van der Waals surface area contributed by atoms with Gasteiger partial charge in [-0.05, 0) is 36.8 Å². The zero-order valence-corrected chi connectivity index (χ0v) is 13.7. The molecule has 2 atom stereocenters. The first kappa shape index (κ1) is 19.5. The van der Waals surface area contributed by atoms with Crippen molar-refractivity contribution >= 4 is 17.6 Å². The number of rotatable bonds is 5. The summed E-state index contributed by atoms with van der Waals surface area (Å²) in [6.45, 7) is 1.29. The van der Waals surface area contributed by atoms with Gasteiger partial charge in [-0.15, -0.1) is 0 Å². The van der Waals surface area contributed by atoms with E-state index < -0.39 is 35.8 Å². The first-order valence-corrected chi connectivity index (χ1v) is 7.60. The second-order valence-electron chi connectivity index (χ2n) is 5.46. The van der Waals surface area contributed by atoms with Crippen molar-refractivity contribution in [2.24, 2.45) is 0 Å². The van der Waals surface area contributed by atoms with E-state index in [1.807, 2.05) is 0 Å². The van der Waals surface area contributed by atoms with E-state index in [9.17, 15) is 27.9 Å². The van der Waals surface area contributed by atoms with E-state index in [2.05, 4.69) is 5.32 Å². The molecule has 0 bridgehead atoms. The number of hydrogen-bond donors (Lipinski definition) is 2. The van der Waals surface area contributed by atoms with Gasteiger partial charge in [-0.1, -0.05) is 30.3 Å². The molecule has 0 unspecified atom stereocenters. The van der Waals surface area contributed by atoms with E-state index in [1.165, 1.54) is 19.1 Å². The molecule has 0 spiro atoms. The Morgan fingerprint density at radius 2 is 1.62 bits per heavy atom. The quantitative estimate of drug-likeness (QED) is 0.795. The normalized spacial score (nSPS) is 13.6. The zero-order chi connectivity index (χ0) is 19.3. The Labute approximate surface area is 147 Å². The second kappa shape index (κ2) is 8.01. The highest BCUT2D eigenvalue weighted by atomic mass is 19.4. The predicted octanol–water partition coefficient (Wildman–Crippen LogP) is 3.31. The van der Waals surface area contributed by atoms with Crippen LogP contribution in [0.2, 0.25) is 0 Å². The molecule has 8 heteroatoms. The van der Waals surface area contributed by atoms with Gasteiger partial charge >= 0.3 is 12.1 Å². The molecule has 5 nitrogen and oxygen atoms in total. The van der Waals surface area contributed by atoms with Crippen molar-refractivity contribution in [3.63, 3.8) is 0 Å². The zero-order valence-electron chi connectivity index (χ0n) is 13.7. The molecule has 2 rings (SSSR count). The Kier molecular flexibility index (Phi) is 5.99. The van der Waals surface area contributed by atoms with E-state index >= 15 is 0 Å². The van der Waals surface area contributed by atoms with Crippen molar-refractivity contribution in [2.45, 2.75) is 25.3 Å². The van der Waals surface area contributed by atoms with Crippen LogP contribution in [0, 0.1) is 0 Å². The molecule has 0 radical (unpaired) electrons. The van der Waals surface area contributed by atoms with Gasteiger partial charge in [-0.3, -0.25) is 4.79 Å². The average molecular weight is 367 g/mol. The summed E-state index contributed by atoms with van der Waals surface area (Å²) in [6.07, 6.45) is -7.26. The van der Waals surface area contributed by atoms with E-state index in [0.29, 0.717) is 5.56 Å². The van der Waals surface area contributed by atoms with Crippen LogP contribution >= 0.6 is 0 Å². The molecule has 0 saturated heterocycles. The number of hydrogen-bond acceptors (Lipinski definition) is 4. The number of esters is 1. The van der Waals surface area contributed by atoms with Crippen molar-refractivity contribution in [1.29, 1.82) is 0 Å². The number of benzene rings is 2. The number of aliphatic hydroxyl groups is 1. The summed E-state index contributed by atoms with van der Waals surface area (Å²) in [5, 5.41) is 12.2. The number of amides is 1. The summed E-state index contributed by atoms with van der Waals surface area (Å²) < 4.78 is 42.4. The molecule has 138 valence electrons. The van der Waals surface area contributed by atoms with Crippen molar-refractivity contribution in [3.8, 4) is 0 Å². The monoisotopic (exact) mass is 367 g/mol. The second-order valence-corrected chi connectivity index (χ2v) is 5.46. The maximum absolute atomic E-state index is 12.5. The third kappa shape index (κ3) is 5.06. The fourth-order valence-corrected chi connectivity index (χ4v) is 2.05. The molecule has 2 aromatic carbocycles. The van der Waals surface area contributed by atoms with Crippen LogP contribution in [-0.2, 0) is 20.5 Å². The van der Waals surface area contributed by atoms with Gasteiger partial charge in [0.05, 0.1) is 5.56 Å². The number of anilines is 1. The van der Waals surface area contributed by atoms with Gasteiger partial charge in [0, 0.05) is 5.69 Å². The maximum atomic E-state index is 12.5. The van der Waals surface area contributed by atoms with Gasteiger partial charge in [-0.2, -0.15) is 13.2 Å². The lowest BCUT2D eigenvalue weighted by Crippen LogP contribution is -2.31. The number of carbonyl (C=O) groups is 2. The summed E-state index contributed by atoms with van der Waals surface area (Å²) in [4.78, 5) is 23.9. The Morgan fingerprint density at radius 1 is 1.04 bits per heavy atom. The van der Waals surface area contributed by atoms with Gasteiger partial charge in [-0.25, -0.2) is 4.79 Å². The van der Waals surface area contributed by atoms with Crippen molar-refractivity contribution < 1.29 is 32.6 Å². The molecule has 0 aromatic heterocycles. The van der Waals surface area contributed by atoms with Crippen LogP contribution in [0.4, 0.5) is 18.9 Å². The predicted molar refractivity (Wildman–Crippen MR) is 87.0 cm³/mol. The van der Waals surface area contributed by atoms with Gasteiger partial charge < -0.3 is 15.2 Å². The minimum atomic E-state index is -4.47. The van der Waals surface area contributed by atoms with Crippen LogP contribution < -0.4 is 5.32 Å². The largest absolute Gasteiger partial charge is 0.450 e. The summed E-state index contributed by atoms with van der Waals surface area (Å²) >= 11 is 0. The molecule has 0 heterocycles. The lowest BCUT2D eigenvalue weighted by atomic mass is 10.1. The summed E-state index contributed by atoms with van der Waals surface area (Å²) in [6, 6.07) is 11.9. The van der Waals surface area contributed by atoms with Gasteiger partial charge in [0.15, 0.2) is 12.2 Å². The van der Waals surface area contributed by atoms with Gasteiger partial charge in [0.1, 0.15) is 0 Å². The third-order valence-electron chi connectivity index (χ3n) is 3.48. The molecule has 0 saturated carbocycles. The summed E-state index contributed by atoms with van der Waals surface area (Å²) in [7, 11) is 0. The van der Waals surface area contributed by atoms with E-state index in [0.717, 1.165) is 24.3 Å². The van der Waals surface area contributed by atoms with Crippen molar-refractivity contribution in [1.82, 2.24) is 0 Å². The highest BCUT2D eigenvalue weighted by molar-refractivity contribution is 5.95. The van der Waals surface area contributed by atoms with Gasteiger partial charge in [0.2, 0.25) is 0 Å². The molecule has 1 amide bonds. The highest BCUT2D eigenvalue weighted by Gasteiger charge is 2.30. The van der Waals surface area contributed by atoms with E-state index in [-0.39, 0.29) is 5.69 Å². The Hall–Kier alpha value is -2.87. The molecular formula is C18H16F3NO4. The fourth-order valence-electron chi connectivity index (χ4n) is 2.05. The number of nitrogens with one attached hydrogen (secondary N) is 1. The minimum absolute atomic E-state index is 0.120. The molecule has 0 aliphatic rings. The van der Waals surface area contributed by atoms with Crippen LogP contribution in [0.15, 0.2) is 54.6 Å². The molecular weight excluding hydrogens is 351 g/mol. The number of aliphatic hydroxyl groups excluding tert-OH is 1. The molecule has 0 aliphatic carbocycles. The van der Waals surface area contributed by atoms with Crippen LogP contribution in [0.5, 0.6) is 0 Å². The number of alkyl halides is 3. The van der Waals surface area contributed by atoms with Gasteiger partial charge in [0.25, 0.3) is 5.91 Å². The number of ether oxygens (including phenoxy) is 1. The van der Waals surface area contributed by atoms with Crippen LogP contribution in [-0.4, -0.2) is 23.1 Å². The maximum Gasteiger partial charge on any atom is 0.416 e. The third-order valence-corrected chi connectivity index (χ3v) is 3.48. The summed E-state index contributed by atoms with van der Waals surface area (Å²) in [5.74, 6) is -1.75. The SMILES string of the molecule is C[C@@H](OC(=O)[C@@H](O)c1ccccc1)C(=O)Nc1ccc(C(F)(F)F)cc1. The van der Waals surface area contributed by atoms with Crippen molar-refractivity contribution in [3.05, 3.63) is 65.7 Å². The fraction of sp³-hybridized carbons (Fsp3) is 0.222. The average Bonchev–Trinajstić information content (AvgIpc) is 2.61. The van der Waals surface area contributed by atoms with Crippen LogP contribution in [0.1, 0.15) is 24.2 Å². The molecule has 0 aliphatic heterocycles. The molecule has 2 N–H and O–H groups in total. The van der Waals surface area contributed by atoms with Crippen LogP contribution in [0.3, 0.4) is 0 Å². The molecule has 2 aromatic rings. The first-order valence-electron chi connectivity index (χ1n) is 7.60. The minimum Gasteiger partial charge on any atom is -0.450 e. The molecule has 26 heavy (non-hydrogen) atoms. The van der Waals surface area contributed by atoms with E-state index in [4.69, 9.17) is 4.74 Å². The Bertz CT molecular complexity index is 760. The lowest BCUT2D eigenvalue weighted by Gasteiger charge is -2.16. The van der Waals surface area contributed by atoms with Crippen LogP contribution in [0.25, 0.3) is 0 Å². The summed E-state index contributed by atoms with van der Waals surface area (Å²) in [5.41, 5.74) is -0.414. The highest BCUT2D eigenvalue weighted by Crippen LogP contribution is 2.29. The number of halogens is 3. The first-order chi connectivity index (χ1) is 12.2. The number of carbonyl (C=O) groups excluding carboxylic acids is 2. The van der Waals surface area contributed by atoms with E-state index in [1.54, 1.807) is 18.2 Å². The lowest BCUT2D eigenvalue weighted by molar-refractivity contribution is -0.162.